The van der Waals surface area contributed by atoms with Crippen molar-refractivity contribution in [3.05, 3.63) is 108 Å². The Morgan fingerprint density at radius 1 is 0.758 bits per heavy atom. The van der Waals surface area contributed by atoms with E-state index in [0.717, 1.165) is 28.5 Å². The Hall–Kier alpha value is -6.71. The molecule has 0 bridgehead atoms. The number of amides is 6. The third-order valence-electron chi connectivity index (χ3n) is 11.3. The minimum atomic E-state index is -1.27. The third kappa shape index (κ3) is 13.4. The number of fused-ring (bicyclic) bond motifs is 1. The van der Waals surface area contributed by atoms with Crippen LogP contribution >= 0.6 is 0 Å². The van der Waals surface area contributed by atoms with Gasteiger partial charge in [0.15, 0.2) is 5.96 Å². The summed E-state index contributed by atoms with van der Waals surface area (Å²) >= 11 is 0. The van der Waals surface area contributed by atoms with Gasteiger partial charge in [0.25, 0.3) is 0 Å². The number of rotatable bonds is 22. The number of aromatic amines is 1. The van der Waals surface area contributed by atoms with Crippen molar-refractivity contribution in [1.82, 2.24) is 31.6 Å². The van der Waals surface area contributed by atoms with Gasteiger partial charge in [-0.05, 0) is 73.6 Å². The van der Waals surface area contributed by atoms with E-state index in [9.17, 15) is 28.8 Å². The molecule has 1 fully saturated rings. The van der Waals surface area contributed by atoms with E-state index in [1.807, 2.05) is 79.7 Å². The van der Waals surface area contributed by atoms with Gasteiger partial charge in [-0.15, -0.1) is 0 Å². The van der Waals surface area contributed by atoms with E-state index in [-0.39, 0.29) is 56.4 Å². The summed E-state index contributed by atoms with van der Waals surface area (Å²) in [6.07, 6.45) is 5.93. The first-order valence-corrected chi connectivity index (χ1v) is 21.4. The molecule has 4 aromatic rings. The fourth-order valence-electron chi connectivity index (χ4n) is 7.94. The Kier molecular flexibility index (Phi) is 17.0. The minimum Gasteiger partial charge on any atom is -0.370 e. The summed E-state index contributed by atoms with van der Waals surface area (Å²) < 4.78 is 0. The van der Waals surface area contributed by atoms with Gasteiger partial charge < -0.3 is 48.8 Å². The van der Waals surface area contributed by atoms with E-state index in [4.69, 9.17) is 17.2 Å². The van der Waals surface area contributed by atoms with E-state index in [1.54, 1.807) is 6.20 Å². The molecule has 0 saturated heterocycles. The van der Waals surface area contributed by atoms with Gasteiger partial charge in [-0.2, -0.15) is 0 Å². The van der Waals surface area contributed by atoms with Crippen LogP contribution in [0.3, 0.4) is 0 Å². The van der Waals surface area contributed by atoms with Gasteiger partial charge in [-0.1, -0.05) is 92.2 Å². The zero-order chi connectivity index (χ0) is 44.5. The number of para-hydroxylation sites is 1. The van der Waals surface area contributed by atoms with Gasteiger partial charge in [0.1, 0.15) is 23.7 Å². The van der Waals surface area contributed by atoms with Crippen LogP contribution in [0.4, 0.5) is 0 Å². The van der Waals surface area contributed by atoms with Gasteiger partial charge in [0.05, 0.1) is 6.54 Å². The number of unbranched alkanes of at least 4 members (excludes halogenated alkanes) is 1. The number of carbonyl (C=O) groups is 6. The zero-order valence-corrected chi connectivity index (χ0v) is 35.3. The molecule has 1 heterocycles. The van der Waals surface area contributed by atoms with Crippen molar-refractivity contribution in [2.45, 2.75) is 107 Å². The molecular weight excluding hydrogens is 789 g/mol. The average molecular weight is 849 g/mol. The largest absolute Gasteiger partial charge is 0.370 e. The summed E-state index contributed by atoms with van der Waals surface area (Å²) in [5, 5.41) is 15.0. The number of hydrogen-bond donors (Lipinski definition) is 9. The van der Waals surface area contributed by atoms with Crippen molar-refractivity contribution < 1.29 is 28.8 Å². The van der Waals surface area contributed by atoms with Crippen LogP contribution in [-0.2, 0) is 41.6 Å². The lowest BCUT2D eigenvalue weighted by molar-refractivity contribution is -0.138. The summed E-state index contributed by atoms with van der Waals surface area (Å²) in [5.74, 6) is -3.42. The highest BCUT2D eigenvalue weighted by Crippen LogP contribution is 2.38. The Bertz CT molecular complexity index is 2160. The molecule has 1 aliphatic rings. The fraction of sp³-hybridized carbons (Fsp3) is 0.413. The van der Waals surface area contributed by atoms with Crippen LogP contribution in [0.5, 0.6) is 0 Å². The highest BCUT2D eigenvalue weighted by molar-refractivity contribution is 5.98. The number of nitrogens with one attached hydrogen (secondary N) is 6. The van der Waals surface area contributed by atoms with Crippen molar-refractivity contribution in [3.8, 4) is 0 Å². The number of guanidine groups is 1. The Balaban J connectivity index is 1.41. The maximum atomic E-state index is 14.6. The highest BCUT2D eigenvalue weighted by atomic mass is 16.2. The summed E-state index contributed by atoms with van der Waals surface area (Å²) in [6.45, 7) is 1.69. The molecule has 5 rings (SSSR count). The second-order valence-corrected chi connectivity index (χ2v) is 16.0. The van der Waals surface area contributed by atoms with Crippen molar-refractivity contribution >= 4 is 52.3 Å². The van der Waals surface area contributed by atoms with E-state index in [0.29, 0.717) is 32.1 Å². The predicted octanol–water partition coefficient (Wildman–Crippen LogP) is 2.47. The first-order chi connectivity index (χ1) is 29.9. The van der Waals surface area contributed by atoms with Gasteiger partial charge in [0.2, 0.25) is 35.4 Å². The van der Waals surface area contributed by atoms with Crippen molar-refractivity contribution in [3.63, 3.8) is 0 Å². The molecule has 1 aromatic heterocycles. The smallest absolute Gasteiger partial charge is 0.246 e. The number of benzene rings is 3. The van der Waals surface area contributed by atoms with Crippen LogP contribution in [0, 0.1) is 0 Å². The molecule has 3 aromatic carbocycles. The molecule has 3 atom stereocenters. The maximum absolute atomic E-state index is 14.6. The fourth-order valence-corrected chi connectivity index (χ4v) is 7.94. The number of H-pyrrole nitrogens is 1. The molecule has 0 aliphatic heterocycles. The predicted molar refractivity (Wildman–Crippen MR) is 238 cm³/mol. The number of nitrogens with zero attached hydrogens (tertiary/aromatic N) is 1. The first kappa shape index (κ1) is 46.4. The van der Waals surface area contributed by atoms with Crippen LogP contribution in [0.25, 0.3) is 10.9 Å². The molecule has 330 valence electrons. The molecule has 6 amide bonds. The summed E-state index contributed by atoms with van der Waals surface area (Å²) in [4.78, 5) is 89.1. The molecule has 0 spiro atoms. The molecule has 1 saturated carbocycles. The monoisotopic (exact) mass is 848 g/mol. The number of hydrogen-bond acceptors (Lipinski definition) is 7. The topological polar surface area (TPSA) is 269 Å². The highest BCUT2D eigenvalue weighted by Gasteiger charge is 2.44. The van der Waals surface area contributed by atoms with Crippen LogP contribution in [0.1, 0.15) is 87.3 Å². The normalized spacial score (nSPS) is 17.4. The molecule has 1 aliphatic carbocycles. The molecular formula is C46H60N10O6. The lowest BCUT2D eigenvalue weighted by Gasteiger charge is -2.40. The number of aliphatic imine (C=N–C) groups is 1. The van der Waals surface area contributed by atoms with E-state index < -0.39 is 59.7 Å². The third-order valence-corrected chi connectivity index (χ3v) is 11.3. The molecule has 16 heteroatoms. The molecule has 0 radical (unpaired) electrons. The summed E-state index contributed by atoms with van der Waals surface area (Å²) in [7, 11) is 0. The van der Waals surface area contributed by atoms with Gasteiger partial charge in [-0.3, -0.25) is 33.8 Å². The van der Waals surface area contributed by atoms with Crippen LogP contribution in [0.15, 0.2) is 96.1 Å². The Morgan fingerprint density at radius 2 is 1.39 bits per heavy atom. The average Bonchev–Trinajstić information content (AvgIpc) is 3.68. The second-order valence-electron chi connectivity index (χ2n) is 16.0. The Labute approximate surface area is 362 Å². The van der Waals surface area contributed by atoms with Crippen LogP contribution in [0.2, 0.25) is 0 Å². The van der Waals surface area contributed by atoms with E-state index in [2.05, 4.69) is 48.7 Å². The molecule has 12 N–H and O–H groups in total. The summed E-state index contributed by atoms with van der Waals surface area (Å²) in [5.41, 5.74) is 18.6. The second kappa shape index (κ2) is 22.8. The number of nitrogens with two attached hydrogens (primary N) is 3. The zero-order valence-electron chi connectivity index (χ0n) is 35.3. The van der Waals surface area contributed by atoms with Crippen molar-refractivity contribution in [2.24, 2.45) is 22.2 Å². The first-order valence-electron chi connectivity index (χ1n) is 21.4. The molecule has 3 unspecified atom stereocenters. The number of primary amides is 1. The number of carbonyl (C=O) groups excluding carboxylic acids is 6. The van der Waals surface area contributed by atoms with Crippen molar-refractivity contribution in [1.29, 1.82) is 0 Å². The Morgan fingerprint density at radius 3 is 2.06 bits per heavy atom. The van der Waals surface area contributed by atoms with Crippen molar-refractivity contribution in [2.75, 3.05) is 13.1 Å². The lowest BCUT2D eigenvalue weighted by atomic mass is 9.73. The molecule has 62 heavy (non-hydrogen) atoms. The molecule has 16 nitrogen and oxygen atoms in total. The van der Waals surface area contributed by atoms with Gasteiger partial charge in [-0.25, -0.2) is 0 Å². The van der Waals surface area contributed by atoms with Gasteiger partial charge in [0, 0.05) is 42.9 Å². The van der Waals surface area contributed by atoms with E-state index in [1.165, 1.54) is 5.56 Å². The number of aromatic nitrogens is 1. The van der Waals surface area contributed by atoms with E-state index >= 15 is 0 Å². The van der Waals surface area contributed by atoms with Gasteiger partial charge >= 0.3 is 0 Å². The summed E-state index contributed by atoms with van der Waals surface area (Å²) in [6, 6.07) is 23.1. The van der Waals surface area contributed by atoms with Crippen LogP contribution in [-0.4, -0.2) is 83.1 Å². The SMILES string of the molecule is CCCCC(=O)NC1(C(=O)NC(Cc2ccccc2)C(=O)NC(CCCN=C(N)N)C(=O)NC(Cc2c[nH]c3ccccc23)C(=O)NCC(N)=O)CCC(c2ccccc2)CC1. The minimum absolute atomic E-state index is 0.0406. The van der Waals surface area contributed by atoms with Crippen LogP contribution < -0.4 is 43.8 Å². The quantitative estimate of drug-likeness (QED) is 0.0321. The standard InChI is InChI=1S/C46H60N10O6/c1-2-3-20-40(58)56-46(23-21-32(22-24-46)31-15-8-5-9-16-31)44(62)55-37(26-30-13-6-4-7-14-30)43(61)53-36(19-12-25-50-45(48)49)42(60)54-38(41(59)52-29-39(47)57)27-33-28-51-35-18-11-10-17-34(33)35/h4-11,13-18,28,32,36-38,51H,2-3,12,19-27,29H2,1H3,(H2,47,57)(H,52,59)(H,53,61)(H,54,60)(H,55,62)(H,56,58)(H4,48,49,50). The lowest BCUT2D eigenvalue weighted by Crippen LogP contribution is -2.64. The maximum Gasteiger partial charge on any atom is 0.246 e.